The summed E-state index contributed by atoms with van der Waals surface area (Å²) in [6, 6.07) is 13.2. The second-order valence-electron chi connectivity index (χ2n) is 5.33. The molecule has 0 aromatic heterocycles. The second-order valence-corrected chi connectivity index (χ2v) is 5.33. The van der Waals surface area contributed by atoms with Gasteiger partial charge >= 0.3 is 0 Å². The molecule has 0 atom stereocenters. The standard InChI is InChI=1S/C17H21NO/c1-2-3-8-19-17-7-6-13-9-14(16-11-18-12-16)4-5-15(13)10-17/h4-7,9-10,16,18H,2-3,8,11-12H2,1H3. The zero-order chi connectivity index (χ0) is 13.1. The van der Waals surface area contributed by atoms with Gasteiger partial charge in [-0.05, 0) is 34.9 Å². The van der Waals surface area contributed by atoms with Gasteiger partial charge in [-0.1, -0.05) is 37.6 Å². The van der Waals surface area contributed by atoms with Crippen LogP contribution in [0.2, 0.25) is 0 Å². The Labute approximate surface area is 114 Å². The molecule has 1 heterocycles. The largest absolute Gasteiger partial charge is 0.494 e. The van der Waals surface area contributed by atoms with Crippen LogP contribution in [-0.2, 0) is 0 Å². The number of unbranched alkanes of at least 4 members (excludes halogenated alkanes) is 1. The maximum absolute atomic E-state index is 5.75. The van der Waals surface area contributed by atoms with Crippen molar-refractivity contribution >= 4 is 10.8 Å². The Morgan fingerprint density at radius 1 is 1.11 bits per heavy atom. The third kappa shape index (κ3) is 2.74. The minimum atomic E-state index is 0.699. The minimum Gasteiger partial charge on any atom is -0.494 e. The molecule has 0 bridgehead atoms. The van der Waals surface area contributed by atoms with Gasteiger partial charge in [-0.15, -0.1) is 0 Å². The van der Waals surface area contributed by atoms with E-state index in [0.29, 0.717) is 5.92 Å². The van der Waals surface area contributed by atoms with Crippen LogP contribution in [0.25, 0.3) is 10.8 Å². The highest BCUT2D eigenvalue weighted by Crippen LogP contribution is 2.26. The summed E-state index contributed by atoms with van der Waals surface area (Å²) in [5.74, 6) is 1.68. The van der Waals surface area contributed by atoms with Crippen LogP contribution in [0, 0.1) is 0 Å². The van der Waals surface area contributed by atoms with Crippen molar-refractivity contribution in [2.75, 3.05) is 19.7 Å². The van der Waals surface area contributed by atoms with Gasteiger partial charge in [-0.3, -0.25) is 0 Å². The van der Waals surface area contributed by atoms with E-state index in [9.17, 15) is 0 Å². The minimum absolute atomic E-state index is 0.699. The Hall–Kier alpha value is -1.54. The zero-order valence-corrected chi connectivity index (χ0v) is 11.5. The normalized spacial score (nSPS) is 15.4. The fourth-order valence-corrected chi connectivity index (χ4v) is 2.44. The number of benzene rings is 2. The molecule has 19 heavy (non-hydrogen) atoms. The third-order valence-corrected chi connectivity index (χ3v) is 3.86. The molecule has 1 N–H and O–H groups in total. The lowest BCUT2D eigenvalue weighted by atomic mass is 9.92. The molecular formula is C17H21NO. The van der Waals surface area contributed by atoms with Crippen molar-refractivity contribution in [1.82, 2.24) is 5.32 Å². The lowest BCUT2D eigenvalue weighted by Gasteiger charge is -2.27. The van der Waals surface area contributed by atoms with E-state index in [2.05, 4.69) is 48.6 Å². The Balaban J connectivity index is 1.79. The average molecular weight is 255 g/mol. The molecule has 1 saturated heterocycles. The fraction of sp³-hybridized carbons (Fsp3) is 0.412. The lowest BCUT2D eigenvalue weighted by molar-refractivity contribution is 0.310. The predicted molar refractivity (Wildman–Crippen MR) is 80.0 cm³/mol. The highest BCUT2D eigenvalue weighted by atomic mass is 16.5. The van der Waals surface area contributed by atoms with E-state index in [1.807, 2.05) is 0 Å². The van der Waals surface area contributed by atoms with Crippen molar-refractivity contribution in [1.29, 1.82) is 0 Å². The molecule has 0 saturated carbocycles. The van der Waals surface area contributed by atoms with E-state index in [4.69, 9.17) is 4.74 Å². The number of ether oxygens (including phenoxy) is 1. The van der Waals surface area contributed by atoms with E-state index in [1.54, 1.807) is 0 Å². The first kappa shape index (κ1) is 12.5. The van der Waals surface area contributed by atoms with Gasteiger partial charge < -0.3 is 10.1 Å². The quantitative estimate of drug-likeness (QED) is 0.822. The molecule has 0 unspecified atom stereocenters. The Kier molecular flexibility index (Phi) is 3.69. The van der Waals surface area contributed by atoms with Gasteiger partial charge in [0.15, 0.2) is 0 Å². The molecule has 1 fully saturated rings. The van der Waals surface area contributed by atoms with Crippen LogP contribution >= 0.6 is 0 Å². The van der Waals surface area contributed by atoms with E-state index in [-0.39, 0.29) is 0 Å². The fourth-order valence-electron chi connectivity index (χ4n) is 2.44. The molecule has 100 valence electrons. The number of fused-ring (bicyclic) bond motifs is 1. The van der Waals surface area contributed by atoms with Crippen molar-refractivity contribution < 1.29 is 4.74 Å². The Morgan fingerprint density at radius 3 is 2.63 bits per heavy atom. The Bertz CT molecular complexity index is 560. The van der Waals surface area contributed by atoms with Gasteiger partial charge in [0.05, 0.1) is 6.61 Å². The summed E-state index contributed by atoms with van der Waals surface area (Å²) in [6.07, 6.45) is 2.29. The maximum atomic E-state index is 5.75. The van der Waals surface area contributed by atoms with Gasteiger partial charge in [-0.2, -0.15) is 0 Å². The monoisotopic (exact) mass is 255 g/mol. The number of hydrogen-bond donors (Lipinski definition) is 1. The van der Waals surface area contributed by atoms with E-state index in [0.717, 1.165) is 31.9 Å². The van der Waals surface area contributed by atoms with Crippen LogP contribution in [0.4, 0.5) is 0 Å². The van der Waals surface area contributed by atoms with Crippen LogP contribution < -0.4 is 10.1 Å². The highest BCUT2D eigenvalue weighted by molar-refractivity contribution is 5.84. The summed E-state index contributed by atoms with van der Waals surface area (Å²) in [6.45, 7) is 5.22. The van der Waals surface area contributed by atoms with Crippen LogP contribution in [0.1, 0.15) is 31.2 Å². The van der Waals surface area contributed by atoms with Crippen molar-refractivity contribution in [2.45, 2.75) is 25.7 Å². The summed E-state index contributed by atoms with van der Waals surface area (Å²) in [5, 5.41) is 5.91. The van der Waals surface area contributed by atoms with Gasteiger partial charge in [-0.25, -0.2) is 0 Å². The van der Waals surface area contributed by atoms with Crippen LogP contribution in [-0.4, -0.2) is 19.7 Å². The highest BCUT2D eigenvalue weighted by Gasteiger charge is 2.18. The summed E-state index contributed by atoms with van der Waals surface area (Å²) >= 11 is 0. The van der Waals surface area contributed by atoms with Crippen LogP contribution in [0.15, 0.2) is 36.4 Å². The first-order chi connectivity index (χ1) is 9.36. The molecule has 3 rings (SSSR count). The molecule has 2 aromatic carbocycles. The van der Waals surface area contributed by atoms with Crippen molar-refractivity contribution in [3.05, 3.63) is 42.0 Å². The molecule has 0 amide bonds. The summed E-state index contributed by atoms with van der Waals surface area (Å²) in [7, 11) is 0. The average Bonchev–Trinajstić information content (AvgIpc) is 2.37. The molecule has 0 spiro atoms. The van der Waals surface area contributed by atoms with Gasteiger partial charge in [0, 0.05) is 19.0 Å². The van der Waals surface area contributed by atoms with Crippen LogP contribution in [0.3, 0.4) is 0 Å². The molecule has 0 aliphatic carbocycles. The SMILES string of the molecule is CCCCOc1ccc2cc(C3CNC3)ccc2c1. The molecule has 2 aromatic rings. The van der Waals surface area contributed by atoms with Crippen LogP contribution in [0.5, 0.6) is 5.75 Å². The molecule has 2 heteroatoms. The number of nitrogens with one attached hydrogen (secondary N) is 1. The van der Waals surface area contributed by atoms with Crippen molar-refractivity contribution in [3.63, 3.8) is 0 Å². The Morgan fingerprint density at radius 2 is 1.89 bits per heavy atom. The first-order valence-electron chi connectivity index (χ1n) is 7.24. The lowest BCUT2D eigenvalue weighted by Crippen LogP contribution is -2.39. The third-order valence-electron chi connectivity index (χ3n) is 3.86. The van der Waals surface area contributed by atoms with E-state index < -0.39 is 0 Å². The summed E-state index contributed by atoms with van der Waals surface area (Å²) in [5.41, 5.74) is 1.45. The van der Waals surface area contributed by atoms with E-state index in [1.165, 1.54) is 22.8 Å². The first-order valence-corrected chi connectivity index (χ1v) is 7.24. The number of hydrogen-bond acceptors (Lipinski definition) is 2. The van der Waals surface area contributed by atoms with Crippen molar-refractivity contribution in [3.8, 4) is 5.75 Å². The van der Waals surface area contributed by atoms with Crippen molar-refractivity contribution in [2.24, 2.45) is 0 Å². The number of rotatable bonds is 5. The van der Waals surface area contributed by atoms with Gasteiger partial charge in [0.2, 0.25) is 0 Å². The predicted octanol–water partition coefficient (Wildman–Crippen LogP) is 3.71. The van der Waals surface area contributed by atoms with E-state index >= 15 is 0 Å². The molecule has 2 nitrogen and oxygen atoms in total. The molecule has 0 radical (unpaired) electrons. The molecule has 1 aliphatic heterocycles. The maximum Gasteiger partial charge on any atom is 0.119 e. The van der Waals surface area contributed by atoms with Gasteiger partial charge in [0.1, 0.15) is 5.75 Å². The zero-order valence-electron chi connectivity index (χ0n) is 11.5. The topological polar surface area (TPSA) is 21.3 Å². The summed E-state index contributed by atoms with van der Waals surface area (Å²) < 4.78 is 5.75. The summed E-state index contributed by atoms with van der Waals surface area (Å²) in [4.78, 5) is 0. The second kappa shape index (κ2) is 5.62. The smallest absolute Gasteiger partial charge is 0.119 e. The molecule has 1 aliphatic rings. The van der Waals surface area contributed by atoms with Gasteiger partial charge in [0.25, 0.3) is 0 Å². The molecular weight excluding hydrogens is 234 g/mol.